The Morgan fingerprint density at radius 1 is 1.36 bits per heavy atom. The van der Waals surface area contributed by atoms with E-state index in [0.717, 1.165) is 9.26 Å². The van der Waals surface area contributed by atoms with Crippen LogP contribution >= 0.6 is 22.6 Å². The van der Waals surface area contributed by atoms with Crippen molar-refractivity contribution in [2.45, 2.75) is 0 Å². The van der Waals surface area contributed by atoms with Crippen molar-refractivity contribution in [3.05, 3.63) is 27.8 Å². The highest BCUT2D eigenvalue weighted by Gasteiger charge is 1.94. The van der Waals surface area contributed by atoms with E-state index in [2.05, 4.69) is 33.1 Å². The normalized spacial score (nSPS) is 8.21. The molecule has 0 radical (unpaired) electrons. The maximum absolute atomic E-state index is 8.41. The maximum atomic E-state index is 8.41. The molecular formula is C9H5IN4. The molecule has 1 rings (SSSR count). The summed E-state index contributed by atoms with van der Waals surface area (Å²) in [6.07, 6.45) is 0. The highest BCUT2D eigenvalue weighted by Crippen LogP contribution is 2.11. The van der Waals surface area contributed by atoms with Crippen molar-refractivity contribution in [1.29, 1.82) is 10.5 Å². The van der Waals surface area contributed by atoms with Crippen LogP contribution in [0.1, 0.15) is 0 Å². The van der Waals surface area contributed by atoms with Crippen LogP contribution in [0.15, 0.2) is 29.4 Å². The number of benzene rings is 1. The molecule has 68 valence electrons. The van der Waals surface area contributed by atoms with Crippen LogP contribution in [-0.2, 0) is 0 Å². The SMILES string of the molecule is N#CC(C#N)=NNc1cccc(I)c1. The summed E-state index contributed by atoms with van der Waals surface area (Å²) in [4.78, 5) is 0. The van der Waals surface area contributed by atoms with Crippen molar-refractivity contribution in [1.82, 2.24) is 0 Å². The number of nitrogens with one attached hydrogen (secondary N) is 1. The predicted molar refractivity (Wildman–Crippen MR) is 61.4 cm³/mol. The lowest BCUT2D eigenvalue weighted by Gasteiger charge is -1.98. The van der Waals surface area contributed by atoms with Crippen LogP contribution in [0, 0.1) is 26.2 Å². The van der Waals surface area contributed by atoms with E-state index < -0.39 is 0 Å². The second-order valence-electron chi connectivity index (χ2n) is 2.31. The highest BCUT2D eigenvalue weighted by atomic mass is 127. The van der Waals surface area contributed by atoms with Gasteiger partial charge < -0.3 is 0 Å². The summed E-state index contributed by atoms with van der Waals surface area (Å²) >= 11 is 2.16. The van der Waals surface area contributed by atoms with Gasteiger partial charge in [0.25, 0.3) is 0 Å². The van der Waals surface area contributed by atoms with Gasteiger partial charge in [-0.1, -0.05) is 6.07 Å². The molecule has 0 aliphatic rings. The summed E-state index contributed by atoms with van der Waals surface area (Å²) in [5, 5.41) is 20.4. The molecule has 4 nitrogen and oxygen atoms in total. The number of nitriles is 2. The predicted octanol–water partition coefficient (Wildman–Crippen LogP) is 2.11. The molecule has 0 unspecified atom stereocenters. The fourth-order valence-corrected chi connectivity index (χ4v) is 1.30. The molecule has 14 heavy (non-hydrogen) atoms. The Bertz CT molecular complexity index is 423. The van der Waals surface area contributed by atoms with E-state index in [1.165, 1.54) is 0 Å². The number of anilines is 1. The Kier molecular flexibility index (Phi) is 3.89. The number of halogens is 1. The first-order chi connectivity index (χ1) is 6.76. The van der Waals surface area contributed by atoms with E-state index in [9.17, 15) is 0 Å². The molecule has 0 atom stereocenters. The molecule has 0 aliphatic heterocycles. The van der Waals surface area contributed by atoms with Gasteiger partial charge in [0.1, 0.15) is 12.1 Å². The zero-order valence-corrected chi connectivity index (χ0v) is 9.19. The highest BCUT2D eigenvalue weighted by molar-refractivity contribution is 14.1. The van der Waals surface area contributed by atoms with Crippen LogP contribution in [0.4, 0.5) is 5.69 Å². The first-order valence-corrected chi connectivity index (χ1v) is 4.73. The summed E-state index contributed by atoms with van der Waals surface area (Å²) in [7, 11) is 0. The lowest BCUT2D eigenvalue weighted by molar-refractivity contribution is 1.33. The van der Waals surface area contributed by atoms with Crippen LogP contribution in [0.5, 0.6) is 0 Å². The van der Waals surface area contributed by atoms with Gasteiger partial charge >= 0.3 is 0 Å². The second kappa shape index (κ2) is 5.20. The van der Waals surface area contributed by atoms with E-state index >= 15 is 0 Å². The van der Waals surface area contributed by atoms with Crippen LogP contribution in [0.2, 0.25) is 0 Å². The molecule has 1 aromatic carbocycles. The molecule has 0 fully saturated rings. The quantitative estimate of drug-likeness (QED) is 0.516. The minimum absolute atomic E-state index is 0.191. The van der Waals surface area contributed by atoms with Crippen molar-refractivity contribution in [3.63, 3.8) is 0 Å². The Balaban J connectivity index is 2.77. The summed E-state index contributed by atoms with van der Waals surface area (Å²) in [6.45, 7) is 0. The minimum atomic E-state index is -0.191. The molecule has 0 heterocycles. The standard InChI is InChI=1S/C9H5IN4/c10-7-2-1-3-8(4-7)13-14-9(5-11)6-12/h1-4,13H. The third kappa shape index (κ3) is 3.04. The van der Waals surface area contributed by atoms with Gasteiger partial charge in [0.15, 0.2) is 0 Å². The maximum Gasteiger partial charge on any atom is 0.237 e. The molecule has 1 N–H and O–H groups in total. The van der Waals surface area contributed by atoms with E-state index in [-0.39, 0.29) is 5.71 Å². The lowest BCUT2D eigenvalue weighted by Crippen LogP contribution is -1.96. The van der Waals surface area contributed by atoms with E-state index in [0.29, 0.717) is 0 Å². The van der Waals surface area contributed by atoms with Gasteiger partial charge in [-0.25, -0.2) is 0 Å². The van der Waals surface area contributed by atoms with Gasteiger partial charge in [-0.2, -0.15) is 15.6 Å². The monoisotopic (exact) mass is 296 g/mol. The molecule has 0 saturated heterocycles. The first-order valence-electron chi connectivity index (χ1n) is 3.65. The average Bonchev–Trinajstić information content (AvgIpc) is 2.19. The number of rotatable bonds is 2. The fourth-order valence-electron chi connectivity index (χ4n) is 0.753. The number of hydrogen-bond acceptors (Lipinski definition) is 4. The molecule has 0 spiro atoms. The van der Waals surface area contributed by atoms with Crippen LogP contribution in [0.3, 0.4) is 0 Å². The second-order valence-corrected chi connectivity index (χ2v) is 3.55. The Morgan fingerprint density at radius 2 is 2.07 bits per heavy atom. The van der Waals surface area contributed by atoms with Crippen molar-refractivity contribution >= 4 is 34.0 Å². The van der Waals surface area contributed by atoms with Gasteiger partial charge in [0, 0.05) is 3.57 Å². The molecular weight excluding hydrogens is 291 g/mol. The van der Waals surface area contributed by atoms with Crippen LogP contribution in [-0.4, -0.2) is 5.71 Å². The number of nitrogens with zero attached hydrogens (tertiary/aromatic N) is 3. The largest absolute Gasteiger partial charge is 0.276 e. The van der Waals surface area contributed by atoms with Gasteiger partial charge in [-0.15, -0.1) is 0 Å². The van der Waals surface area contributed by atoms with Crippen molar-refractivity contribution in [3.8, 4) is 12.1 Å². The molecule has 0 bridgehead atoms. The fraction of sp³-hybridized carbons (Fsp3) is 0. The molecule has 0 aromatic heterocycles. The Hall–Kier alpha value is -1.60. The molecule has 5 heteroatoms. The van der Waals surface area contributed by atoms with Gasteiger partial charge in [-0.05, 0) is 40.8 Å². The number of hydrogen-bond donors (Lipinski definition) is 1. The summed E-state index contributed by atoms with van der Waals surface area (Å²) < 4.78 is 1.05. The minimum Gasteiger partial charge on any atom is -0.276 e. The smallest absolute Gasteiger partial charge is 0.237 e. The summed E-state index contributed by atoms with van der Waals surface area (Å²) in [5.74, 6) is 0. The third-order valence-corrected chi connectivity index (χ3v) is 2.00. The number of hydrazone groups is 1. The lowest BCUT2D eigenvalue weighted by atomic mass is 10.3. The zero-order valence-electron chi connectivity index (χ0n) is 7.03. The van der Waals surface area contributed by atoms with Crippen LogP contribution < -0.4 is 5.43 Å². The van der Waals surface area contributed by atoms with E-state index in [4.69, 9.17) is 10.5 Å². The van der Waals surface area contributed by atoms with Crippen molar-refractivity contribution in [2.24, 2.45) is 5.10 Å². The van der Waals surface area contributed by atoms with E-state index in [1.807, 2.05) is 18.2 Å². The van der Waals surface area contributed by atoms with Gasteiger partial charge in [0.05, 0.1) is 5.69 Å². The summed E-state index contributed by atoms with van der Waals surface area (Å²) in [6, 6.07) is 10.8. The zero-order chi connectivity index (χ0) is 10.4. The van der Waals surface area contributed by atoms with E-state index in [1.54, 1.807) is 18.2 Å². The van der Waals surface area contributed by atoms with Crippen molar-refractivity contribution in [2.75, 3.05) is 5.43 Å². The molecule has 0 amide bonds. The Labute approximate surface area is 95.0 Å². The molecule has 1 aromatic rings. The third-order valence-electron chi connectivity index (χ3n) is 1.33. The van der Waals surface area contributed by atoms with Gasteiger partial charge in [0.2, 0.25) is 5.71 Å². The first kappa shape index (κ1) is 10.5. The van der Waals surface area contributed by atoms with Crippen molar-refractivity contribution < 1.29 is 0 Å². The average molecular weight is 296 g/mol. The topological polar surface area (TPSA) is 72.0 Å². The van der Waals surface area contributed by atoms with Gasteiger partial charge in [-0.3, -0.25) is 5.43 Å². The molecule has 0 aliphatic carbocycles. The molecule has 0 saturated carbocycles. The summed E-state index contributed by atoms with van der Waals surface area (Å²) in [5.41, 5.74) is 3.18. The Morgan fingerprint density at radius 3 is 2.64 bits per heavy atom. The van der Waals surface area contributed by atoms with Crippen LogP contribution in [0.25, 0.3) is 0 Å².